The summed E-state index contributed by atoms with van der Waals surface area (Å²) in [5.41, 5.74) is 0. The number of nitrogens with one attached hydrogen (secondary N) is 1. The molecule has 1 amide bonds. The molecule has 16 N–H and O–H groups in total. The topological polar surface area (TPSA) is 405 Å². The highest BCUT2D eigenvalue weighted by Crippen LogP contribution is 2.48. The third-order valence-electron chi connectivity index (χ3n) is 17.1. The third-order valence-corrected chi connectivity index (χ3v) is 18.1. The summed E-state index contributed by atoms with van der Waals surface area (Å²) in [7, 11) is -5.63. The summed E-state index contributed by atoms with van der Waals surface area (Å²) < 4.78 is 46.5. The van der Waals surface area contributed by atoms with E-state index in [-0.39, 0.29) is 12.8 Å². The number of phosphoric acid groups is 1. The highest BCUT2D eigenvalue weighted by atomic mass is 31.2. The zero-order chi connectivity index (χ0) is 62.7. The van der Waals surface area contributed by atoms with Gasteiger partial charge in [0.05, 0.1) is 32.0 Å². The van der Waals surface area contributed by atoms with Gasteiger partial charge >= 0.3 is 7.82 Å². The number of amides is 1. The Hall–Kier alpha value is -1.14. The smallest absolute Gasteiger partial charge is 0.394 e. The molecule has 0 bridgehead atoms. The van der Waals surface area contributed by atoms with E-state index in [1.807, 2.05) is 0 Å². The van der Waals surface area contributed by atoms with Crippen molar-refractivity contribution in [2.75, 3.05) is 19.8 Å². The maximum Gasteiger partial charge on any atom is 0.472 e. The van der Waals surface area contributed by atoms with Crippen molar-refractivity contribution in [2.45, 2.75) is 355 Å². The zero-order valence-electron chi connectivity index (χ0n) is 51.1. The van der Waals surface area contributed by atoms with Crippen molar-refractivity contribution in [1.82, 2.24) is 5.32 Å². The molecule has 1 unspecified atom stereocenters. The van der Waals surface area contributed by atoms with Gasteiger partial charge in [0, 0.05) is 0 Å². The van der Waals surface area contributed by atoms with Gasteiger partial charge in [-0.3, -0.25) is 13.8 Å². The van der Waals surface area contributed by atoms with Crippen LogP contribution >= 0.6 is 7.82 Å². The number of unbranched alkanes of at least 4 members (excludes halogenated alkanes) is 30. The Morgan fingerprint density at radius 1 is 0.447 bits per heavy atom. The van der Waals surface area contributed by atoms with Crippen LogP contribution in [0.3, 0.4) is 0 Å². The molecule has 1 saturated carbocycles. The molecule has 504 valence electrons. The molecule has 24 nitrogen and oxygen atoms in total. The number of ether oxygens (including phenoxy) is 4. The number of carbonyl (C=O) groups excluding carboxylic acids is 1. The molecule has 0 aromatic heterocycles. The number of phosphoric ester groups is 1. The SMILES string of the molecule is CCCCCCCCCCCCCCCCCCCCCC[C@@H](O)C(=O)N[C@@H](COP(=O)(O)O[C@H]1[C@H](O)[C@@H](O)[C@H](O)[C@@H](O)[C@H]1O[C@H]1O[C@H](CO)[C@@H](O)[C@H](O[C@H]2O[C@H](CO)[C@@H](O)[C@H](O)[C@@H]2O)[C@@H]1O)[C@H](O)[C@H](O)CCCCCCCCCCCCCC. The molecule has 2 aliphatic heterocycles. The summed E-state index contributed by atoms with van der Waals surface area (Å²) in [6.07, 6.45) is -1.34. The van der Waals surface area contributed by atoms with E-state index in [0.717, 1.165) is 64.2 Å². The number of hydrogen-bond donors (Lipinski definition) is 16. The molecule has 3 rings (SSSR count). The first-order chi connectivity index (χ1) is 40.7. The molecule has 0 radical (unpaired) electrons. The maximum atomic E-state index is 13.8. The molecular formula is C60H116NO23P. The van der Waals surface area contributed by atoms with Crippen LogP contribution < -0.4 is 5.32 Å². The van der Waals surface area contributed by atoms with Gasteiger partial charge in [-0.25, -0.2) is 4.57 Å². The molecule has 2 heterocycles. The van der Waals surface area contributed by atoms with Crippen LogP contribution in [0.5, 0.6) is 0 Å². The molecule has 2 saturated heterocycles. The first kappa shape index (κ1) is 78.1. The van der Waals surface area contributed by atoms with Crippen molar-refractivity contribution in [3.05, 3.63) is 0 Å². The first-order valence-electron chi connectivity index (χ1n) is 32.7. The van der Waals surface area contributed by atoms with E-state index in [9.17, 15) is 85.7 Å². The Morgan fingerprint density at radius 2 is 0.800 bits per heavy atom. The molecule has 0 aromatic carbocycles. The number of aliphatic hydroxyl groups excluding tert-OH is 14. The Balaban J connectivity index is 1.61. The summed E-state index contributed by atoms with van der Waals surface area (Å²) in [5, 5.41) is 153. The average molecular weight is 1250 g/mol. The van der Waals surface area contributed by atoms with E-state index in [0.29, 0.717) is 12.8 Å². The molecule has 0 aromatic rings. The molecule has 25 heteroatoms. The lowest BCUT2D eigenvalue weighted by atomic mass is 9.84. The van der Waals surface area contributed by atoms with Gasteiger partial charge in [-0.15, -0.1) is 0 Å². The lowest BCUT2D eigenvalue weighted by Crippen LogP contribution is -2.68. The third kappa shape index (κ3) is 28.5. The van der Waals surface area contributed by atoms with Crippen LogP contribution in [0.1, 0.15) is 232 Å². The Kier molecular flexibility index (Phi) is 40.8. The normalized spacial score (nSPS) is 31.3. The van der Waals surface area contributed by atoms with E-state index < -0.39 is 156 Å². The van der Waals surface area contributed by atoms with Gasteiger partial charge in [0.25, 0.3) is 0 Å². The minimum atomic E-state index is -5.63. The fourth-order valence-electron chi connectivity index (χ4n) is 11.5. The van der Waals surface area contributed by atoms with Crippen LogP contribution in [0.25, 0.3) is 0 Å². The van der Waals surface area contributed by atoms with Crippen LogP contribution in [-0.2, 0) is 37.4 Å². The van der Waals surface area contributed by atoms with Gasteiger partial charge in [0.2, 0.25) is 5.91 Å². The molecule has 1 aliphatic carbocycles. The highest BCUT2D eigenvalue weighted by molar-refractivity contribution is 7.47. The van der Waals surface area contributed by atoms with Gasteiger partial charge in [-0.05, 0) is 12.8 Å². The lowest BCUT2D eigenvalue weighted by molar-refractivity contribution is -0.372. The summed E-state index contributed by atoms with van der Waals surface area (Å²) >= 11 is 0. The van der Waals surface area contributed by atoms with Gasteiger partial charge in [-0.1, -0.05) is 219 Å². The predicted octanol–water partition coefficient (Wildman–Crippen LogP) is 3.83. The van der Waals surface area contributed by atoms with Gasteiger partial charge < -0.3 is 101 Å². The predicted molar refractivity (Wildman–Crippen MR) is 314 cm³/mol. The number of rotatable bonds is 49. The maximum absolute atomic E-state index is 13.8. The summed E-state index contributed by atoms with van der Waals surface area (Å²) in [6.45, 7) is 1.50. The Labute approximate surface area is 505 Å². The minimum Gasteiger partial charge on any atom is -0.394 e. The standard InChI is InChI=1S/C60H116NO23P/c1-3-5-7-9-11-13-15-17-18-19-20-21-22-23-24-26-28-30-32-34-36-42(65)58(76)61-40(45(66)41(64)35-33-31-29-27-25-16-14-12-10-8-6-4-2)39-79-85(77,78)84-57-52(73)50(71)49(70)51(72)56(57)83-60-54(75)55(47(68)44(38-63)81-60)82-59-53(74)48(69)46(67)43(37-62)80-59/h40-57,59-60,62-75H,3-39H2,1-2H3,(H,61,76)(H,77,78)/t40-,41+,42+,43+,44+,45-,46+,47+,48-,49-,50-,51+,52+,53-,54-,55-,56+,57-,59+,60+/m0/s1. The van der Waals surface area contributed by atoms with E-state index in [4.69, 9.17) is 28.0 Å². The number of aliphatic hydroxyl groups is 14. The van der Waals surface area contributed by atoms with E-state index in [2.05, 4.69) is 19.2 Å². The van der Waals surface area contributed by atoms with Gasteiger partial charge in [-0.2, -0.15) is 0 Å². The number of hydrogen-bond acceptors (Lipinski definition) is 22. The fraction of sp³-hybridized carbons (Fsp3) is 0.983. The quantitative estimate of drug-likeness (QED) is 0.0304. The van der Waals surface area contributed by atoms with Crippen LogP contribution in [0.15, 0.2) is 0 Å². The summed E-state index contributed by atoms with van der Waals surface area (Å²) in [4.78, 5) is 24.6. The van der Waals surface area contributed by atoms with Crippen LogP contribution in [0, 0.1) is 0 Å². The zero-order valence-corrected chi connectivity index (χ0v) is 52.0. The Morgan fingerprint density at radius 3 is 1.22 bits per heavy atom. The molecule has 85 heavy (non-hydrogen) atoms. The van der Waals surface area contributed by atoms with E-state index in [1.165, 1.54) is 128 Å². The highest BCUT2D eigenvalue weighted by Gasteiger charge is 2.57. The average Bonchev–Trinajstić information content (AvgIpc) is 2.63. The van der Waals surface area contributed by atoms with Crippen molar-refractivity contribution in [1.29, 1.82) is 0 Å². The molecule has 0 spiro atoms. The second kappa shape index (κ2) is 44.4. The van der Waals surface area contributed by atoms with Gasteiger partial charge in [0.1, 0.15) is 97.7 Å². The van der Waals surface area contributed by atoms with Crippen LogP contribution in [0.4, 0.5) is 0 Å². The monoisotopic (exact) mass is 1250 g/mol. The van der Waals surface area contributed by atoms with Crippen molar-refractivity contribution in [3.8, 4) is 0 Å². The molecule has 3 fully saturated rings. The van der Waals surface area contributed by atoms with Gasteiger partial charge in [0.15, 0.2) is 12.6 Å². The molecule has 21 atom stereocenters. The summed E-state index contributed by atoms with van der Waals surface area (Å²) in [6, 6.07) is -1.65. The fourth-order valence-corrected chi connectivity index (χ4v) is 12.5. The largest absolute Gasteiger partial charge is 0.472 e. The number of carbonyl (C=O) groups is 1. The van der Waals surface area contributed by atoms with Crippen molar-refractivity contribution >= 4 is 13.7 Å². The molecule has 3 aliphatic rings. The second-order valence-corrected chi connectivity index (χ2v) is 25.7. The van der Waals surface area contributed by atoms with Crippen LogP contribution in [-0.4, -0.2) is 225 Å². The summed E-state index contributed by atoms with van der Waals surface area (Å²) in [5.74, 6) is -0.959. The van der Waals surface area contributed by atoms with Crippen molar-refractivity contribution in [2.24, 2.45) is 0 Å². The van der Waals surface area contributed by atoms with E-state index in [1.54, 1.807) is 0 Å². The lowest BCUT2D eigenvalue weighted by Gasteiger charge is -2.48. The minimum absolute atomic E-state index is 0.0625. The van der Waals surface area contributed by atoms with Crippen LogP contribution in [0.2, 0.25) is 0 Å². The molecular weight excluding hydrogens is 1130 g/mol. The van der Waals surface area contributed by atoms with E-state index >= 15 is 0 Å². The second-order valence-electron chi connectivity index (χ2n) is 24.3. The Bertz CT molecular complexity index is 1730. The first-order valence-corrected chi connectivity index (χ1v) is 34.2. The van der Waals surface area contributed by atoms with Crippen molar-refractivity contribution < 1.29 is 114 Å². The van der Waals surface area contributed by atoms with Crippen molar-refractivity contribution in [3.63, 3.8) is 0 Å².